The molecule has 1 heterocycles. The number of hydrogen-bond donors (Lipinski definition) is 0. The Morgan fingerprint density at radius 1 is 1.10 bits per heavy atom. The van der Waals surface area contributed by atoms with E-state index >= 15 is 0 Å². The molecule has 6 heteroatoms. The van der Waals surface area contributed by atoms with Crippen LogP contribution >= 0.6 is 11.8 Å². The minimum atomic E-state index is -1.09. The normalized spacial score (nSPS) is 9.90. The van der Waals surface area contributed by atoms with E-state index in [1.807, 2.05) is 0 Å². The van der Waals surface area contributed by atoms with E-state index in [-0.39, 0.29) is 5.16 Å². The molecular weight excluding hydrogens is 160 g/mol. The maximum atomic E-state index is 12.1. The first-order valence-corrected chi connectivity index (χ1v) is 3.56. The molecule has 0 atom stereocenters. The average Bonchev–Trinajstić information content (AvgIpc) is 1.85. The van der Waals surface area contributed by atoms with Crippen molar-refractivity contribution in [3.63, 3.8) is 0 Å². The van der Waals surface area contributed by atoms with Gasteiger partial charge in [-0.05, 0) is 6.26 Å². The van der Waals surface area contributed by atoms with Crippen LogP contribution < -0.4 is 0 Å². The van der Waals surface area contributed by atoms with Crippen molar-refractivity contribution in [2.75, 3.05) is 6.26 Å². The highest BCUT2D eigenvalue weighted by Crippen LogP contribution is 2.06. The van der Waals surface area contributed by atoms with Crippen LogP contribution in [0.2, 0.25) is 0 Å². The summed E-state index contributed by atoms with van der Waals surface area (Å²) in [6, 6.07) is 0. The molecule has 10 heavy (non-hydrogen) atoms. The summed E-state index contributed by atoms with van der Waals surface area (Å²) in [5.41, 5.74) is 0. The fourth-order valence-corrected chi connectivity index (χ4v) is 0.733. The third kappa shape index (κ3) is 1.60. The summed E-state index contributed by atoms with van der Waals surface area (Å²) in [6.07, 6.45) is -0.553. The van der Waals surface area contributed by atoms with Gasteiger partial charge >= 0.3 is 12.2 Å². The fraction of sp³-hybridized carbons (Fsp3) is 0.250. The minimum Gasteiger partial charge on any atom is -0.176 e. The van der Waals surface area contributed by atoms with Crippen molar-refractivity contribution in [3.05, 3.63) is 12.2 Å². The largest absolute Gasteiger partial charge is 0.315 e. The zero-order valence-electron chi connectivity index (χ0n) is 5.01. The van der Waals surface area contributed by atoms with Crippen molar-refractivity contribution >= 4 is 11.8 Å². The van der Waals surface area contributed by atoms with Crippen LogP contribution in [0.15, 0.2) is 5.16 Å². The highest BCUT2D eigenvalue weighted by molar-refractivity contribution is 7.98. The Hall–Kier alpha value is -0.780. The second-order valence-corrected chi connectivity index (χ2v) is 2.13. The van der Waals surface area contributed by atoms with Crippen molar-refractivity contribution in [2.24, 2.45) is 0 Å². The van der Waals surface area contributed by atoms with Gasteiger partial charge in [-0.3, -0.25) is 0 Å². The van der Waals surface area contributed by atoms with Gasteiger partial charge in [-0.15, -0.1) is 0 Å². The number of rotatable bonds is 1. The molecule has 0 aliphatic rings. The van der Waals surface area contributed by atoms with Crippen LogP contribution in [-0.4, -0.2) is 21.2 Å². The SMILES string of the molecule is CSc1nc(F)nc(F)n1. The molecule has 1 aromatic rings. The van der Waals surface area contributed by atoms with Crippen LogP contribution in [0.5, 0.6) is 0 Å². The van der Waals surface area contributed by atoms with E-state index in [1.54, 1.807) is 6.26 Å². The Morgan fingerprint density at radius 3 is 2.00 bits per heavy atom. The van der Waals surface area contributed by atoms with Crippen molar-refractivity contribution in [2.45, 2.75) is 5.16 Å². The molecule has 54 valence electrons. The zero-order chi connectivity index (χ0) is 7.56. The van der Waals surface area contributed by atoms with Gasteiger partial charge in [-0.2, -0.15) is 23.7 Å². The summed E-state index contributed by atoms with van der Waals surface area (Å²) < 4.78 is 24.2. The molecule has 0 saturated heterocycles. The molecule has 0 aliphatic carbocycles. The van der Waals surface area contributed by atoms with Crippen LogP contribution in [0.3, 0.4) is 0 Å². The molecule has 0 unspecified atom stereocenters. The third-order valence-corrected chi connectivity index (χ3v) is 1.29. The summed E-state index contributed by atoms with van der Waals surface area (Å²) >= 11 is 1.05. The Bertz CT molecular complexity index is 222. The van der Waals surface area contributed by atoms with E-state index < -0.39 is 12.2 Å². The van der Waals surface area contributed by atoms with Gasteiger partial charge in [0.05, 0.1) is 0 Å². The molecule has 0 saturated carbocycles. The first-order chi connectivity index (χ1) is 4.72. The van der Waals surface area contributed by atoms with Gasteiger partial charge in [-0.25, -0.2) is 0 Å². The lowest BCUT2D eigenvalue weighted by Gasteiger charge is -1.91. The summed E-state index contributed by atoms with van der Waals surface area (Å²) in [7, 11) is 0. The summed E-state index contributed by atoms with van der Waals surface area (Å²) in [4.78, 5) is 9.09. The second-order valence-electron chi connectivity index (χ2n) is 1.36. The predicted octanol–water partition coefficient (Wildman–Crippen LogP) is 0.872. The molecule has 1 aromatic heterocycles. The molecule has 3 nitrogen and oxygen atoms in total. The molecule has 0 fully saturated rings. The van der Waals surface area contributed by atoms with Gasteiger partial charge in [0.1, 0.15) is 0 Å². The highest BCUT2D eigenvalue weighted by atomic mass is 32.2. The Morgan fingerprint density at radius 2 is 1.60 bits per heavy atom. The van der Waals surface area contributed by atoms with Gasteiger partial charge in [0.2, 0.25) is 0 Å². The maximum absolute atomic E-state index is 12.1. The standard InChI is InChI=1S/C4H3F2N3S/c1-10-4-8-2(5)7-3(6)9-4/h1H3. The summed E-state index contributed by atoms with van der Waals surface area (Å²) in [5.74, 6) is 0. The number of thioether (sulfide) groups is 1. The van der Waals surface area contributed by atoms with Crippen LogP contribution in [0.4, 0.5) is 8.78 Å². The van der Waals surface area contributed by atoms with Crippen LogP contribution in [0.1, 0.15) is 0 Å². The fourth-order valence-electron chi connectivity index (χ4n) is 0.400. The lowest BCUT2D eigenvalue weighted by Crippen LogP contribution is -1.98. The van der Waals surface area contributed by atoms with Gasteiger partial charge in [-0.1, -0.05) is 11.8 Å². The van der Waals surface area contributed by atoms with E-state index in [4.69, 9.17) is 0 Å². The number of nitrogens with zero attached hydrogens (tertiary/aromatic N) is 3. The Labute approximate surface area is 59.9 Å². The molecule has 0 amide bonds. The number of halogens is 2. The first-order valence-electron chi connectivity index (χ1n) is 2.33. The van der Waals surface area contributed by atoms with Crippen molar-refractivity contribution in [1.29, 1.82) is 0 Å². The Balaban J connectivity index is 3.06. The molecule has 0 aliphatic heterocycles. The van der Waals surface area contributed by atoms with Gasteiger partial charge in [0.25, 0.3) is 0 Å². The quantitative estimate of drug-likeness (QED) is 0.576. The number of hydrogen-bond acceptors (Lipinski definition) is 4. The van der Waals surface area contributed by atoms with Crippen molar-refractivity contribution in [1.82, 2.24) is 15.0 Å². The summed E-state index contributed by atoms with van der Waals surface area (Å²) in [6.45, 7) is 0. The summed E-state index contributed by atoms with van der Waals surface area (Å²) in [5, 5.41) is 0.0463. The monoisotopic (exact) mass is 163 g/mol. The Kier molecular flexibility index (Phi) is 2.10. The maximum Gasteiger partial charge on any atom is 0.315 e. The third-order valence-electron chi connectivity index (χ3n) is 0.743. The molecule has 0 aromatic carbocycles. The smallest absolute Gasteiger partial charge is 0.176 e. The number of aromatic nitrogens is 3. The zero-order valence-corrected chi connectivity index (χ0v) is 5.82. The molecule has 1 rings (SSSR count). The average molecular weight is 163 g/mol. The molecular formula is C4H3F2N3S. The van der Waals surface area contributed by atoms with E-state index in [2.05, 4.69) is 15.0 Å². The van der Waals surface area contributed by atoms with E-state index in [1.165, 1.54) is 0 Å². The minimum absolute atomic E-state index is 0.0463. The molecule has 0 N–H and O–H groups in total. The van der Waals surface area contributed by atoms with Gasteiger partial charge in [0.15, 0.2) is 5.16 Å². The highest BCUT2D eigenvalue weighted by Gasteiger charge is 2.02. The first kappa shape index (κ1) is 7.33. The molecule has 0 radical (unpaired) electrons. The van der Waals surface area contributed by atoms with Gasteiger partial charge in [0, 0.05) is 0 Å². The predicted molar refractivity (Wildman–Crippen MR) is 31.5 cm³/mol. The molecule has 0 spiro atoms. The molecule has 0 bridgehead atoms. The van der Waals surface area contributed by atoms with E-state index in [9.17, 15) is 8.78 Å². The van der Waals surface area contributed by atoms with Gasteiger partial charge < -0.3 is 0 Å². The second kappa shape index (κ2) is 2.87. The topological polar surface area (TPSA) is 38.7 Å². The van der Waals surface area contributed by atoms with Crippen molar-refractivity contribution < 1.29 is 8.78 Å². The lowest BCUT2D eigenvalue weighted by atomic mass is 11.0. The lowest BCUT2D eigenvalue weighted by molar-refractivity contribution is 0.434. The van der Waals surface area contributed by atoms with Crippen molar-refractivity contribution in [3.8, 4) is 0 Å². The van der Waals surface area contributed by atoms with Crippen LogP contribution in [0.25, 0.3) is 0 Å². The van der Waals surface area contributed by atoms with E-state index in [0.717, 1.165) is 11.8 Å². The van der Waals surface area contributed by atoms with E-state index in [0.29, 0.717) is 0 Å². The van der Waals surface area contributed by atoms with Crippen LogP contribution in [0, 0.1) is 12.2 Å². The van der Waals surface area contributed by atoms with Crippen LogP contribution in [-0.2, 0) is 0 Å².